The van der Waals surface area contributed by atoms with Crippen LogP contribution in [0.2, 0.25) is 0 Å². The van der Waals surface area contributed by atoms with Crippen LogP contribution in [0, 0.1) is 0 Å². The van der Waals surface area contributed by atoms with Gasteiger partial charge < -0.3 is 5.11 Å². The number of carbonyl (C=O) groups is 1. The lowest BCUT2D eigenvalue weighted by Crippen LogP contribution is -2.27. The Morgan fingerprint density at radius 1 is 1.40 bits per heavy atom. The molecule has 0 spiro atoms. The van der Waals surface area contributed by atoms with Crippen LogP contribution in [-0.2, 0) is 16.4 Å². The van der Waals surface area contributed by atoms with Crippen LogP contribution in [0.5, 0.6) is 0 Å². The lowest BCUT2D eigenvalue weighted by Gasteiger charge is -2.17. The minimum Gasteiger partial charge on any atom is -0.481 e. The highest BCUT2D eigenvalue weighted by molar-refractivity contribution is 7.10. The molecule has 1 aromatic rings. The Balaban J connectivity index is 3.10. The fraction of sp³-hybridized carbons (Fsp3) is 0.444. The number of carboxylic acids is 1. The van der Waals surface area contributed by atoms with Crippen LogP contribution in [-0.4, -0.2) is 11.1 Å². The van der Waals surface area contributed by atoms with E-state index in [-0.39, 0.29) is 5.56 Å². The molecule has 0 unspecified atom stereocenters. The first-order valence-electron chi connectivity index (χ1n) is 4.05. The Labute approximate surface area is 88.3 Å². The molecule has 15 heavy (non-hydrogen) atoms. The van der Waals surface area contributed by atoms with Crippen LogP contribution in [0.1, 0.15) is 24.3 Å². The molecule has 84 valence electrons. The summed E-state index contributed by atoms with van der Waals surface area (Å²) in [6.07, 6.45) is -4.41. The molecule has 0 saturated heterocycles. The Morgan fingerprint density at radius 3 is 2.27 bits per heavy atom. The van der Waals surface area contributed by atoms with Gasteiger partial charge in [-0.3, -0.25) is 4.79 Å². The van der Waals surface area contributed by atoms with E-state index in [1.54, 1.807) is 0 Å². The summed E-state index contributed by atoms with van der Waals surface area (Å²) >= 11 is 0.512. The van der Waals surface area contributed by atoms with Crippen molar-refractivity contribution < 1.29 is 23.1 Å². The molecule has 1 rings (SSSR count). The zero-order valence-electron chi connectivity index (χ0n) is 8.05. The van der Waals surface area contributed by atoms with E-state index in [0.29, 0.717) is 11.3 Å². The van der Waals surface area contributed by atoms with E-state index in [1.165, 1.54) is 19.2 Å². The van der Waals surface area contributed by atoms with Gasteiger partial charge in [0, 0.05) is 0 Å². The SMILES string of the molecule is CC(C)(C(=O)O)c1csc(C(F)(F)F)c1. The summed E-state index contributed by atoms with van der Waals surface area (Å²) in [5.41, 5.74) is -1.12. The van der Waals surface area contributed by atoms with Crippen molar-refractivity contribution in [2.75, 3.05) is 0 Å². The molecule has 0 aliphatic rings. The van der Waals surface area contributed by atoms with Gasteiger partial charge in [0.05, 0.1) is 5.41 Å². The smallest absolute Gasteiger partial charge is 0.425 e. The van der Waals surface area contributed by atoms with E-state index in [4.69, 9.17) is 5.11 Å². The predicted molar refractivity (Wildman–Crippen MR) is 50.0 cm³/mol. The van der Waals surface area contributed by atoms with E-state index < -0.39 is 22.4 Å². The summed E-state index contributed by atoms with van der Waals surface area (Å²) in [5, 5.41) is 10.1. The summed E-state index contributed by atoms with van der Waals surface area (Å²) in [6, 6.07) is 0.888. The molecule has 0 saturated carbocycles. The summed E-state index contributed by atoms with van der Waals surface area (Å²) < 4.78 is 36.8. The highest BCUT2D eigenvalue weighted by Crippen LogP contribution is 2.37. The molecule has 0 aliphatic heterocycles. The summed E-state index contributed by atoms with van der Waals surface area (Å²) in [4.78, 5) is 10.0. The number of hydrogen-bond donors (Lipinski definition) is 1. The van der Waals surface area contributed by atoms with E-state index in [1.807, 2.05) is 0 Å². The third kappa shape index (κ3) is 2.31. The Hall–Kier alpha value is -1.04. The van der Waals surface area contributed by atoms with Crippen LogP contribution < -0.4 is 0 Å². The van der Waals surface area contributed by atoms with E-state index in [2.05, 4.69) is 0 Å². The standard InChI is InChI=1S/C9H9F3O2S/c1-8(2,7(13)14)5-3-6(15-4-5)9(10,11)12/h3-4H,1-2H3,(H,13,14). The molecule has 1 heterocycles. The maximum atomic E-state index is 12.3. The number of halogens is 3. The van der Waals surface area contributed by atoms with Gasteiger partial charge in [0.25, 0.3) is 0 Å². The van der Waals surface area contributed by atoms with Gasteiger partial charge in [-0.05, 0) is 30.9 Å². The fourth-order valence-corrected chi connectivity index (χ4v) is 1.88. The molecule has 6 heteroatoms. The van der Waals surface area contributed by atoms with Gasteiger partial charge in [-0.2, -0.15) is 13.2 Å². The lowest BCUT2D eigenvalue weighted by atomic mass is 9.87. The normalized spacial score (nSPS) is 12.9. The second-order valence-electron chi connectivity index (χ2n) is 3.63. The molecule has 1 N–H and O–H groups in total. The topological polar surface area (TPSA) is 37.3 Å². The van der Waals surface area contributed by atoms with Gasteiger partial charge in [0.15, 0.2) is 0 Å². The monoisotopic (exact) mass is 238 g/mol. The Morgan fingerprint density at radius 2 is 1.93 bits per heavy atom. The molecular formula is C9H9F3O2S. The minimum absolute atomic E-state index is 0.173. The van der Waals surface area contributed by atoms with Crippen LogP contribution in [0.15, 0.2) is 11.4 Å². The first-order valence-corrected chi connectivity index (χ1v) is 4.93. The largest absolute Gasteiger partial charge is 0.481 e. The molecule has 0 amide bonds. The maximum Gasteiger partial charge on any atom is 0.425 e. The van der Waals surface area contributed by atoms with Crippen molar-refractivity contribution in [2.24, 2.45) is 0 Å². The molecular weight excluding hydrogens is 229 g/mol. The van der Waals surface area contributed by atoms with Gasteiger partial charge in [0.2, 0.25) is 0 Å². The van der Waals surface area contributed by atoms with Crippen molar-refractivity contribution in [3.05, 3.63) is 21.9 Å². The summed E-state index contributed by atoms with van der Waals surface area (Å²) in [5.74, 6) is -1.14. The maximum absolute atomic E-state index is 12.3. The van der Waals surface area contributed by atoms with Crippen molar-refractivity contribution in [2.45, 2.75) is 25.4 Å². The Bertz CT molecular complexity index is 379. The molecule has 0 bridgehead atoms. The highest BCUT2D eigenvalue weighted by atomic mass is 32.1. The zero-order chi connectivity index (χ0) is 11.9. The lowest BCUT2D eigenvalue weighted by molar-refractivity contribution is -0.142. The molecule has 0 radical (unpaired) electrons. The third-order valence-electron chi connectivity index (χ3n) is 2.14. The molecule has 0 aromatic carbocycles. The number of alkyl halides is 3. The first kappa shape index (κ1) is 12.0. The van der Waals surface area contributed by atoms with Gasteiger partial charge in [-0.15, -0.1) is 11.3 Å². The summed E-state index contributed by atoms with van der Waals surface area (Å²) in [6.45, 7) is 2.75. The van der Waals surface area contributed by atoms with Crippen molar-refractivity contribution in [3.8, 4) is 0 Å². The number of thiophene rings is 1. The highest BCUT2D eigenvalue weighted by Gasteiger charge is 2.36. The van der Waals surface area contributed by atoms with E-state index in [9.17, 15) is 18.0 Å². The van der Waals surface area contributed by atoms with Crippen molar-refractivity contribution in [3.63, 3.8) is 0 Å². The number of rotatable bonds is 2. The third-order valence-corrected chi connectivity index (χ3v) is 3.11. The van der Waals surface area contributed by atoms with Gasteiger partial charge >= 0.3 is 12.1 Å². The zero-order valence-corrected chi connectivity index (χ0v) is 8.87. The van der Waals surface area contributed by atoms with Crippen molar-refractivity contribution in [1.82, 2.24) is 0 Å². The predicted octanol–water partition coefficient (Wildman–Crippen LogP) is 3.13. The molecule has 2 nitrogen and oxygen atoms in total. The van der Waals surface area contributed by atoms with Gasteiger partial charge in [-0.25, -0.2) is 0 Å². The van der Waals surface area contributed by atoms with Crippen molar-refractivity contribution >= 4 is 17.3 Å². The summed E-state index contributed by atoms with van der Waals surface area (Å²) in [7, 11) is 0. The second-order valence-corrected chi connectivity index (χ2v) is 4.54. The van der Waals surface area contributed by atoms with Crippen LogP contribution in [0.3, 0.4) is 0 Å². The van der Waals surface area contributed by atoms with E-state index in [0.717, 1.165) is 6.07 Å². The number of carboxylic acid groups (broad SMARTS) is 1. The molecule has 0 fully saturated rings. The molecule has 0 aliphatic carbocycles. The molecule has 0 atom stereocenters. The van der Waals surface area contributed by atoms with Crippen LogP contribution >= 0.6 is 11.3 Å². The number of hydrogen-bond acceptors (Lipinski definition) is 2. The Kier molecular flexibility index (Phi) is 2.82. The minimum atomic E-state index is -4.41. The molecule has 1 aromatic heterocycles. The van der Waals surface area contributed by atoms with Gasteiger partial charge in [0.1, 0.15) is 4.88 Å². The average molecular weight is 238 g/mol. The van der Waals surface area contributed by atoms with Crippen molar-refractivity contribution in [1.29, 1.82) is 0 Å². The second kappa shape index (κ2) is 3.52. The fourth-order valence-electron chi connectivity index (χ4n) is 0.936. The quantitative estimate of drug-likeness (QED) is 0.859. The first-order chi connectivity index (χ1) is 6.65. The van der Waals surface area contributed by atoms with Crippen LogP contribution in [0.25, 0.3) is 0 Å². The van der Waals surface area contributed by atoms with Gasteiger partial charge in [-0.1, -0.05) is 0 Å². The van der Waals surface area contributed by atoms with E-state index >= 15 is 0 Å². The number of aliphatic carboxylic acids is 1. The van der Waals surface area contributed by atoms with Crippen LogP contribution in [0.4, 0.5) is 13.2 Å². The average Bonchev–Trinajstić information content (AvgIpc) is 2.50.